The molecule has 0 radical (unpaired) electrons. The van der Waals surface area contributed by atoms with E-state index in [2.05, 4.69) is 15.3 Å². The number of benzene rings is 1. The third-order valence-corrected chi connectivity index (χ3v) is 1.73. The van der Waals surface area contributed by atoms with Crippen LogP contribution in [-0.2, 0) is 4.74 Å². The van der Waals surface area contributed by atoms with Gasteiger partial charge in [0.1, 0.15) is 0 Å². The summed E-state index contributed by atoms with van der Waals surface area (Å²) in [7, 11) is 0. The van der Waals surface area contributed by atoms with Crippen LogP contribution >= 0.6 is 11.6 Å². The number of hydrazone groups is 1. The molecule has 0 unspecified atom stereocenters. The smallest absolute Gasteiger partial charge is 0.427 e. The van der Waals surface area contributed by atoms with Crippen molar-refractivity contribution in [1.82, 2.24) is 5.43 Å². The highest BCUT2D eigenvalue weighted by atomic mass is 35.5. The maximum Gasteiger partial charge on any atom is 0.427 e. The Bertz CT molecular complexity index is 366. The number of ether oxygens (including phenoxy) is 1. The maximum absolute atomic E-state index is 10.8. The first-order chi connectivity index (χ1) is 7.22. The van der Waals surface area contributed by atoms with Crippen molar-refractivity contribution in [2.24, 2.45) is 5.10 Å². The number of carbonyl (C=O) groups is 1. The molecular formula is C10H11ClN2O2. The van der Waals surface area contributed by atoms with Gasteiger partial charge in [-0.15, -0.1) is 0 Å². The van der Waals surface area contributed by atoms with Crippen molar-refractivity contribution in [2.45, 2.75) is 6.92 Å². The molecule has 1 aromatic rings. The third-order valence-electron chi connectivity index (χ3n) is 1.49. The van der Waals surface area contributed by atoms with Gasteiger partial charge in [-0.3, -0.25) is 0 Å². The molecular weight excluding hydrogens is 216 g/mol. The molecule has 1 N–H and O–H groups in total. The topological polar surface area (TPSA) is 50.7 Å². The van der Waals surface area contributed by atoms with Gasteiger partial charge in [0, 0.05) is 5.02 Å². The van der Waals surface area contributed by atoms with Crippen molar-refractivity contribution < 1.29 is 9.53 Å². The fraction of sp³-hybridized carbons (Fsp3) is 0.200. The summed E-state index contributed by atoms with van der Waals surface area (Å²) >= 11 is 5.76. The summed E-state index contributed by atoms with van der Waals surface area (Å²) in [5.41, 5.74) is 3.02. The van der Waals surface area contributed by atoms with Crippen LogP contribution in [0.15, 0.2) is 29.4 Å². The Morgan fingerprint density at radius 1 is 1.67 bits per heavy atom. The van der Waals surface area contributed by atoms with Gasteiger partial charge in [0.25, 0.3) is 0 Å². The number of halogens is 1. The summed E-state index contributed by atoms with van der Waals surface area (Å²) < 4.78 is 4.61. The van der Waals surface area contributed by atoms with E-state index in [4.69, 9.17) is 11.6 Å². The van der Waals surface area contributed by atoms with E-state index in [1.165, 1.54) is 6.21 Å². The molecule has 0 spiro atoms. The van der Waals surface area contributed by atoms with Gasteiger partial charge in [-0.1, -0.05) is 23.7 Å². The summed E-state index contributed by atoms with van der Waals surface area (Å²) in [6.45, 7) is 2.04. The Morgan fingerprint density at radius 3 is 3.13 bits per heavy atom. The Kier molecular flexibility index (Phi) is 4.63. The van der Waals surface area contributed by atoms with Crippen molar-refractivity contribution >= 4 is 23.9 Å². The molecule has 0 heterocycles. The molecule has 0 aromatic heterocycles. The lowest BCUT2D eigenvalue weighted by molar-refractivity contribution is 0.152. The third kappa shape index (κ3) is 4.46. The molecule has 0 saturated heterocycles. The van der Waals surface area contributed by atoms with Crippen LogP contribution in [0, 0.1) is 0 Å². The van der Waals surface area contributed by atoms with Crippen LogP contribution < -0.4 is 5.43 Å². The van der Waals surface area contributed by atoms with Crippen molar-refractivity contribution in [2.75, 3.05) is 6.61 Å². The van der Waals surface area contributed by atoms with Crippen molar-refractivity contribution in [1.29, 1.82) is 0 Å². The lowest BCUT2D eigenvalue weighted by atomic mass is 10.2. The first kappa shape index (κ1) is 11.5. The number of hydrogen-bond donors (Lipinski definition) is 1. The molecule has 5 heteroatoms. The lowest BCUT2D eigenvalue weighted by Gasteiger charge is -1.98. The average Bonchev–Trinajstić information content (AvgIpc) is 2.18. The predicted molar refractivity (Wildman–Crippen MR) is 59.2 cm³/mol. The Hall–Kier alpha value is -1.55. The second kappa shape index (κ2) is 6.03. The van der Waals surface area contributed by atoms with Crippen LogP contribution in [0.2, 0.25) is 5.02 Å². The number of nitrogens with zero attached hydrogens (tertiary/aromatic N) is 1. The quantitative estimate of drug-likeness (QED) is 0.636. The monoisotopic (exact) mass is 226 g/mol. The molecule has 0 bridgehead atoms. The molecule has 15 heavy (non-hydrogen) atoms. The normalized spacial score (nSPS) is 10.3. The van der Waals surface area contributed by atoms with Gasteiger partial charge in [0.2, 0.25) is 0 Å². The van der Waals surface area contributed by atoms with Crippen molar-refractivity contribution in [3.63, 3.8) is 0 Å². The Balaban J connectivity index is 2.48. The zero-order valence-corrected chi connectivity index (χ0v) is 8.99. The molecule has 0 saturated carbocycles. The van der Waals surface area contributed by atoms with E-state index in [-0.39, 0.29) is 0 Å². The first-order valence-corrected chi connectivity index (χ1v) is 4.81. The summed E-state index contributed by atoms with van der Waals surface area (Å²) in [4.78, 5) is 10.8. The zero-order chi connectivity index (χ0) is 11.1. The zero-order valence-electron chi connectivity index (χ0n) is 8.24. The number of amides is 1. The highest BCUT2D eigenvalue weighted by Crippen LogP contribution is 2.08. The first-order valence-electron chi connectivity index (χ1n) is 4.43. The van der Waals surface area contributed by atoms with E-state index < -0.39 is 6.09 Å². The minimum absolute atomic E-state index is 0.318. The molecule has 0 aliphatic heterocycles. The van der Waals surface area contributed by atoms with Crippen molar-refractivity contribution in [3.8, 4) is 0 Å². The molecule has 1 rings (SSSR count). The summed E-state index contributed by atoms with van der Waals surface area (Å²) in [5, 5.41) is 4.31. The maximum atomic E-state index is 10.8. The number of hydrogen-bond acceptors (Lipinski definition) is 3. The highest BCUT2D eigenvalue weighted by molar-refractivity contribution is 6.30. The van der Waals surface area contributed by atoms with Crippen molar-refractivity contribution in [3.05, 3.63) is 34.9 Å². The van der Waals surface area contributed by atoms with Crippen LogP contribution in [0.4, 0.5) is 4.79 Å². The van der Waals surface area contributed by atoms with Gasteiger partial charge in [-0.05, 0) is 24.6 Å². The predicted octanol–water partition coefficient (Wildman–Crippen LogP) is 2.42. The number of nitrogens with one attached hydrogen (secondary N) is 1. The minimum Gasteiger partial charge on any atom is -0.449 e. The fourth-order valence-corrected chi connectivity index (χ4v) is 1.11. The van der Waals surface area contributed by atoms with E-state index in [0.29, 0.717) is 11.6 Å². The molecule has 0 aliphatic carbocycles. The van der Waals surface area contributed by atoms with Gasteiger partial charge in [0.05, 0.1) is 12.8 Å². The molecule has 4 nitrogen and oxygen atoms in total. The van der Waals surface area contributed by atoms with Gasteiger partial charge >= 0.3 is 6.09 Å². The van der Waals surface area contributed by atoms with E-state index in [1.54, 1.807) is 25.1 Å². The van der Waals surface area contributed by atoms with E-state index in [9.17, 15) is 4.79 Å². The summed E-state index contributed by atoms with van der Waals surface area (Å²) in [6, 6.07) is 7.12. The molecule has 0 fully saturated rings. The summed E-state index contributed by atoms with van der Waals surface area (Å²) in [6.07, 6.45) is 0.916. The van der Waals surface area contributed by atoms with Gasteiger partial charge in [-0.2, -0.15) is 5.10 Å². The highest BCUT2D eigenvalue weighted by Gasteiger charge is 1.95. The molecule has 0 aliphatic rings. The average molecular weight is 227 g/mol. The number of carbonyl (C=O) groups excluding carboxylic acids is 1. The Labute approximate surface area is 92.9 Å². The molecule has 1 aromatic carbocycles. The SMILES string of the molecule is CCOC(=O)NN=Cc1cccc(Cl)c1. The second-order valence-corrected chi connectivity index (χ2v) is 3.08. The largest absolute Gasteiger partial charge is 0.449 e. The number of rotatable bonds is 3. The van der Waals surface area contributed by atoms with Gasteiger partial charge in [0.15, 0.2) is 0 Å². The van der Waals surface area contributed by atoms with Crippen LogP contribution in [0.25, 0.3) is 0 Å². The standard InChI is InChI=1S/C10H11ClN2O2/c1-2-15-10(14)13-12-7-8-4-3-5-9(11)6-8/h3-7H,2H2,1H3,(H,13,14). The van der Waals surface area contributed by atoms with Crippen LogP contribution in [0.1, 0.15) is 12.5 Å². The second-order valence-electron chi connectivity index (χ2n) is 2.65. The van der Waals surface area contributed by atoms with E-state index in [1.807, 2.05) is 6.07 Å². The minimum atomic E-state index is -0.573. The molecule has 0 atom stereocenters. The molecule has 1 amide bonds. The lowest BCUT2D eigenvalue weighted by Crippen LogP contribution is -2.18. The van der Waals surface area contributed by atoms with Crippen LogP contribution in [-0.4, -0.2) is 18.9 Å². The summed E-state index contributed by atoms with van der Waals surface area (Å²) in [5.74, 6) is 0. The van der Waals surface area contributed by atoms with Crippen LogP contribution in [0.5, 0.6) is 0 Å². The van der Waals surface area contributed by atoms with Gasteiger partial charge in [-0.25, -0.2) is 10.2 Å². The van der Waals surface area contributed by atoms with E-state index in [0.717, 1.165) is 5.56 Å². The van der Waals surface area contributed by atoms with E-state index >= 15 is 0 Å². The fourth-order valence-electron chi connectivity index (χ4n) is 0.910. The van der Waals surface area contributed by atoms with Gasteiger partial charge < -0.3 is 4.74 Å². The molecule has 80 valence electrons. The Morgan fingerprint density at radius 2 is 2.47 bits per heavy atom. The van der Waals surface area contributed by atoms with Crippen LogP contribution in [0.3, 0.4) is 0 Å².